The Kier molecular flexibility index (Phi) is 3.65. The molecule has 98 valence electrons. The Morgan fingerprint density at radius 3 is 2.78 bits per heavy atom. The molecule has 3 unspecified atom stereocenters. The van der Waals surface area contributed by atoms with Gasteiger partial charge < -0.3 is 10.4 Å². The van der Waals surface area contributed by atoms with Gasteiger partial charge in [-0.1, -0.05) is 6.92 Å². The zero-order valence-electron chi connectivity index (χ0n) is 10.3. The first-order valence-electron chi connectivity index (χ1n) is 5.98. The molecule has 1 aliphatic carbocycles. The minimum atomic E-state index is -0.881. The molecular weight excluding hydrogens is 252 g/mol. The third-order valence-corrected chi connectivity index (χ3v) is 4.18. The van der Waals surface area contributed by atoms with Crippen molar-refractivity contribution in [3.8, 4) is 0 Å². The Balaban J connectivity index is 1.95. The van der Waals surface area contributed by atoms with E-state index in [-0.39, 0.29) is 17.9 Å². The van der Waals surface area contributed by atoms with E-state index in [4.69, 9.17) is 5.11 Å². The van der Waals surface area contributed by atoms with Crippen LogP contribution in [0.25, 0.3) is 0 Å². The Morgan fingerprint density at radius 1 is 1.61 bits per heavy atom. The van der Waals surface area contributed by atoms with Crippen molar-refractivity contribution >= 4 is 23.2 Å². The molecule has 0 saturated heterocycles. The summed E-state index contributed by atoms with van der Waals surface area (Å²) in [5.74, 6) is -1.91. The van der Waals surface area contributed by atoms with Crippen LogP contribution in [-0.4, -0.2) is 22.0 Å². The number of thiazole rings is 1. The largest absolute Gasteiger partial charge is 0.481 e. The molecule has 18 heavy (non-hydrogen) atoms. The van der Waals surface area contributed by atoms with Crippen molar-refractivity contribution < 1.29 is 14.7 Å². The summed E-state index contributed by atoms with van der Waals surface area (Å²) in [5, 5.41) is 14.5. The zero-order chi connectivity index (χ0) is 13.3. The fourth-order valence-electron chi connectivity index (χ4n) is 1.91. The predicted molar refractivity (Wildman–Crippen MR) is 67.3 cm³/mol. The minimum Gasteiger partial charge on any atom is -0.481 e. The van der Waals surface area contributed by atoms with Crippen LogP contribution in [0.2, 0.25) is 0 Å². The van der Waals surface area contributed by atoms with Crippen molar-refractivity contribution in [1.82, 2.24) is 10.3 Å². The van der Waals surface area contributed by atoms with Gasteiger partial charge >= 0.3 is 5.97 Å². The van der Waals surface area contributed by atoms with E-state index in [1.165, 1.54) is 11.3 Å². The van der Waals surface area contributed by atoms with Crippen LogP contribution in [0, 0.1) is 18.8 Å². The van der Waals surface area contributed by atoms with Gasteiger partial charge in [0.2, 0.25) is 5.91 Å². The molecule has 3 atom stereocenters. The first kappa shape index (κ1) is 13.0. The number of hydrogen-bond donors (Lipinski definition) is 2. The smallest absolute Gasteiger partial charge is 0.307 e. The Hall–Kier alpha value is -1.43. The molecular formula is C12H16N2O3S. The van der Waals surface area contributed by atoms with E-state index in [9.17, 15) is 9.59 Å². The molecule has 2 N–H and O–H groups in total. The number of amides is 1. The second-order valence-corrected chi connectivity index (χ2v) is 5.47. The quantitative estimate of drug-likeness (QED) is 0.852. The van der Waals surface area contributed by atoms with E-state index < -0.39 is 11.9 Å². The molecule has 1 amide bonds. The van der Waals surface area contributed by atoms with E-state index >= 15 is 0 Å². The van der Waals surface area contributed by atoms with E-state index in [1.807, 2.05) is 19.2 Å². The van der Waals surface area contributed by atoms with Gasteiger partial charge in [-0.3, -0.25) is 9.59 Å². The highest BCUT2D eigenvalue weighted by molar-refractivity contribution is 7.09. The van der Waals surface area contributed by atoms with Crippen molar-refractivity contribution in [2.45, 2.75) is 32.7 Å². The molecule has 0 spiro atoms. The van der Waals surface area contributed by atoms with Gasteiger partial charge in [0.25, 0.3) is 0 Å². The van der Waals surface area contributed by atoms with Crippen molar-refractivity contribution in [3.05, 3.63) is 16.1 Å². The second kappa shape index (κ2) is 5.06. The molecule has 5 nitrogen and oxygen atoms in total. The van der Waals surface area contributed by atoms with Crippen molar-refractivity contribution in [2.75, 3.05) is 0 Å². The number of nitrogens with one attached hydrogen (secondary N) is 1. The Morgan fingerprint density at radius 2 is 2.33 bits per heavy atom. The lowest BCUT2D eigenvalue weighted by atomic mass is 10.2. The molecule has 1 aliphatic rings. The summed E-state index contributed by atoms with van der Waals surface area (Å²) in [4.78, 5) is 26.9. The van der Waals surface area contributed by atoms with Crippen LogP contribution >= 0.6 is 11.3 Å². The predicted octanol–water partition coefficient (Wildman–Crippen LogP) is 1.74. The normalized spacial score (nSPS) is 23.4. The van der Waals surface area contributed by atoms with Crippen LogP contribution in [0.3, 0.4) is 0 Å². The summed E-state index contributed by atoms with van der Waals surface area (Å²) in [6, 6.07) is -0.105. The maximum atomic E-state index is 11.9. The van der Waals surface area contributed by atoms with E-state index in [0.29, 0.717) is 6.42 Å². The fourth-order valence-corrected chi connectivity index (χ4v) is 2.84. The molecule has 1 saturated carbocycles. The molecule has 0 aliphatic heterocycles. The average molecular weight is 268 g/mol. The van der Waals surface area contributed by atoms with Crippen LogP contribution in [-0.2, 0) is 9.59 Å². The number of carbonyl (C=O) groups excluding carboxylic acids is 1. The van der Waals surface area contributed by atoms with Gasteiger partial charge in [0.05, 0.1) is 17.9 Å². The Bertz CT molecular complexity index is 472. The maximum Gasteiger partial charge on any atom is 0.307 e. The molecule has 2 rings (SSSR count). The summed E-state index contributed by atoms with van der Waals surface area (Å²) in [6.07, 6.45) is 1.21. The van der Waals surface area contributed by atoms with Gasteiger partial charge in [-0.05, 0) is 19.8 Å². The third-order valence-electron chi connectivity index (χ3n) is 3.10. The summed E-state index contributed by atoms with van der Waals surface area (Å²) in [7, 11) is 0. The number of rotatable bonds is 5. The first-order valence-corrected chi connectivity index (χ1v) is 6.86. The number of carboxylic acid groups (broad SMARTS) is 1. The average Bonchev–Trinajstić information content (AvgIpc) is 3.03. The van der Waals surface area contributed by atoms with Gasteiger partial charge in [-0.15, -0.1) is 11.3 Å². The molecule has 0 radical (unpaired) electrons. The standard InChI is InChI=1S/C12H16N2O3S/c1-3-9(11-13-6(2)5-18-11)14-10(15)7-4-8(7)12(16)17/h5,7-9H,3-4H2,1-2H3,(H,14,15)(H,16,17). The van der Waals surface area contributed by atoms with Crippen molar-refractivity contribution in [2.24, 2.45) is 11.8 Å². The van der Waals surface area contributed by atoms with Gasteiger partial charge in [0, 0.05) is 11.1 Å². The number of carbonyl (C=O) groups is 2. The maximum absolute atomic E-state index is 11.9. The SMILES string of the molecule is CCC(NC(=O)C1CC1C(=O)O)c1nc(C)cs1. The molecule has 0 aromatic carbocycles. The zero-order valence-corrected chi connectivity index (χ0v) is 11.2. The first-order chi connectivity index (χ1) is 8.52. The lowest BCUT2D eigenvalue weighted by molar-refractivity contribution is -0.140. The molecule has 1 aromatic rings. The van der Waals surface area contributed by atoms with E-state index in [2.05, 4.69) is 10.3 Å². The van der Waals surface area contributed by atoms with Crippen LogP contribution in [0.1, 0.15) is 36.5 Å². The Labute approximate surface area is 109 Å². The molecule has 1 aromatic heterocycles. The number of aliphatic carboxylic acids is 1. The summed E-state index contributed by atoms with van der Waals surface area (Å²) < 4.78 is 0. The third kappa shape index (κ3) is 2.69. The summed E-state index contributed by atoms with van der Waals surface area (Å²) in [5.41, 5.74) is 0.942. The second-order valence-electron chi connectivity index (χ2n) is 4.58. The summed E-state index contributed by atoms with van der Waals surface area (Å²) >= 11 is 1.52. The van der Waals surface area contributed by atoms with Crippen LogP contribution in [0.5, 0.6) is 0 Å². The van der Waals surface area contributed by atoms with Gasteiger partial charge in [-0.2, -0.15) is 0 Å². The summed E-state index contributed by atoms with van der Waals surface area (Å²) in [6.45, 7) is 3.89. The number of nitrogens with zero attached hydrogens (tertiary/aromatic N) is 1. The minimum absolute atomic E-state index is 0.105. The molecule has 6 heteroatoms. The highest BCUT2D eigenvalue weighted by Crippen LogP contribution is 2.39. The van der Waals surface area contributed by atoms with E-state index in [1.54, 1.807) is 0 Å². The van der Waals surface area contributed by atoms with Crippen molar-refractivity contribution in [3.63, 3.8) is 0 Å². The van der Waals surface area contributed by atoms with Gasteiger partial charge in [-0.25, -0.2) is 4.98 Å². The number of aryl methyl sites for hydroxylation is 1. The van der Waals surface area contributed by atoms with Crippen LogP contribution in [0.15, 0.2) is 5.38 Å². The highest BCUT2D eigenvalue weighted by Gasteiger charge is 2.48. The number of hydrogen-bond acceptors (Lipinski definition) is 4. The molecule has 1 heterocycles. The van der Waals surface area contributed by atoms with E-state index in [0.717, 1.165) is 17.1 Å². The number of aromatic nitrogens is 1. The van der Waals surface area contributed by atoms with Crippen LogP contribution < -0.4 is 5.32 Å². The molecule has 1 fully saturated rings. The lowest BCUT2D eigenvalue weighted by Crippen LogP contribution is -2.30. The fraction of sp³-hybridized carbons (Fsp3) is 0.583. The number of carboxylic acids is 1. The highest BCUT2D eigenvalue weighted by atomic mass is 32.1. The molecule has 0 bridgehead atoms. The topological polar surface area (TPSA) is 79.3 Å². The van der Waals surface area contributed by atoms with Gasteiger partial charge in [0.15, 0.2) is 0 Å². The monoisotopic (exact) mass is 268 g/mol. The van der Waals surface area contributed by atoms with Crippen LogP contribution in [0.4, 0.5) is 0 Å². The lowest BCUT2D eigenvalue weighted by Gasteiger charge is -2.14. The van der Waals surface area contributed by atoms with Crippen molar-refractivity contribution in [1.29, 1.82) is 0 Å². The van der Waals surface area contributed by atoms with Gasteiger partial charge in [0.1, 0.15) is 5.01 Å².